The SMILES string of the molecule is Cc1cc(S(=O)(=O)N2CCN(C(=O)CN3CCCCCCC3=O)CC2)c(C)s1. The molecule has 156 valence electrons. The number of rotatable bonds is 4. The van der Waals surface area contributed by atoms with Gasteiger partial charge in [0.25, 0.3) is 0 Å². The van der Waals surface area contributed by atoms with Gasteiger partial charge in [-0.25, -0.2) is 8.42 Å². The number of carbonyl (C=O) groups is 2. The maximum atomic E-state index is 12.9. The Labute approximate surface area is 171 Å². The molecular weight excluding hydrogens is 398 g/mol. The molecule has 1 aromatic heterocycles. The van der Waals surface area contributed by atoms with Crippen molar-refractivity contribution in [3.63, 3.8) is 0 Å². The molecule has 2 amide bonds. The number of amides is 2. The Balaban J connectivity index is 1.58. The van der Waals surface area contributed by atoms with Crippen molar-refractivity contribution in [3.05, 3.63) is 15.8 Å². The lowest BCUT2D eigenvalue weighted by Gasteiger charge is -2.35. The van der Waals surface area contributed by atoms with Crippen molar-refractivity contribution in [1.29, 1.82) is 0 Å². The minimum atomic E-state index is -3.52. The molecule has 2 fully saturated rings. The second-order valence-electron chi connectivity index (χ2n) is 7.54. The Morgan fingerprint density at radius 3 is 2.36 bits per heavy atom. The van der Waals surface area contributed by atoms with E-state index in [9.17, 15) is 18.0 Å². The van der Waals surface area contributed by atoms with Crippen molar-refractivity contribution >= 4 is 33.2 Å². The van der Waals surface area contributed by atoms with Gasteiger partial charge in [0.2, 0.25) is 21.8 Å². The highest BCUT2D eigenvalue weighted by atomic mass is 32.2. The third kappa shape index (κ3) is 4.75. The summed E-state index contributed by atoms with van der Waals surface area (Å²) in [7, 11) is -3.52. The Kier molecular flexibility index (Phi) is 6.77. The van der Waals surface area contributed by atoms with Crippen LogP contribution in [0.25, 0.3) is 0 Å². The van der Waals surface area contributed by atoms with Gasteiger partial charge in [0.1, 0.15) is 0 Å². The van der Waals surface area contributed by atoms with Crippen LogP contribution in [0.4, 0.5) is 0 Å². The normalized spacial score (nSPS) is 20.1. The predicted molar refractivity (Wildman–Crippen MR) is 109 cm³/mol. The molecule has 0 spiro atoms. The molecule has 0 unspecified atom stereocenters. The van der Waals surface area contributed by atoms with E-state index in [0.717, 1.165) is 35.4 Å². The summed E-state index contributed by atoms with van der Waals surface area (Å²) in [5.74, 6) is -0.0360. The smallest absolute Gasteiger partial charge is 0.244 e. The van der Waals surface area contributed by atoms with Crippen LogP contribution in [0.3, 0.4) is 0 Å². The minimum Gasteiger partial charge on any atom is -0.339 e. The number of likely N-dealkylation sites (tertiary alicyclic amines) is 1. The molecule has 0 N–H and O–H groups in total. The molecule has 3 rings (SSSR count). The van der Waals surface area contributed by atoms with Gasteiger partial charge >= 0.3 is 0 Å². The molecule has 2 aliphatic heterocycles. The lowest BCUT2D eigenvalue weighted by Crippen LogP contribution is -2.53. The second kappa shape index (κ2) is 8.92. The van der Waals surface area contributed by atoms with Crippen LogP contribution in [0.5, 0.6) is 0 Å². The average Bonchev–Trinajstić information content (AvgIpc) is 3.00. The molecular formula is C19H29N3O4S2. The Hall–Kier alpha value is -1.45. The van der Waals surface area contributed by atoms with Crippen LogP contribution in [0.2, 0.25) is 0 Å². The van der Waals surface area contributed by atoms with Gasteiger partial charge < -0.3 is 9.80 Å². The molecule has 0 radical (unpaired) electrons. The van der Waals surface area contributed by atoms with Crippen LogP contribution in [-0.4, -0.2) is 73.6 Å². The van der Waals surface area contributed by atoms with E-state index in [1.54, 1.807) is 15.9 Å². The van der Waals surface area contributed by atoms with Crippen LogP contribution in [0.15, 0.2) is 11.0 Å². The first-order chi connectivity index (χ1) is 13.3. The van der Waals surface area contributed by atoms with Gasteiger partial charge in [0.15, 0.2) is 0 Å². The summed E-state index contributed by atoms with van der Waals surface area (Å²) in [6, 6.07) is 1.72. The average molecular weight is 428 g/mol. The van der Waals surface area contributed by atoms with E-state index in [1.165, 1.54) is 15.6 Å². The predicted octanol–water partition coefficient (Wildman–Crippen LogP) is 1.99. The molecule has 7 nitrogen and oxygen atoms in total. The van der Waals surface area contributed by atoms with Crippen LogP contribution >= 0.6 is 11.3 Å². The zero-order chi connectivity index (χ0) is 20.3. The Morgan fingerprint density at radius 1 is 1.04 bits per heavy atom. The summed E-state index contributed by atoms with van der Waals surface area (Å²) in [6.45, 7) is 5.77. The molecule has 0 saturated carbocycles. The summed E-state index contributed by atoms with van der Waals surface area (Å²) >= 11 is 1.48. The monoisotopic (exact) mass is 427 g/mol. The second-order valence-corrected chi connectivity index (χ2v) is 10.9. The topological polar surface area (TPSA) is 78.0 Å². The zero-order valence-corrected chi connectivity index (χ0v) is 18.3. The standard InChI is InChI=1S/C19H29N3O4S2/c1-15-13-17(16(2)27-15)28(25,26)22-11-9-20(10-12-22)19(24)14-21-8-6-4-3-5-7-18(21)23/h13H,3-12,14H2,1-2H3. The third-order valence-electron chi connectivity index (χ3n) is 5.45. The number of sulfonamides is 1. The number of nitrogens with zero attached hydrogens (tertiary/aromatic N) is 3. The molecule has 28 heavy (non-hydrogen) atoms. The number of aryl methyl sites for hydroxylation is 2. The molecule has 0 aromatic carbocycles. The largest absolute Gasteiger partial charge is 0.339 e. The molecule has 2 saturated heterocycles. The molecule has 9 heteroatoms. The summed E-state index contributed by atoms with van der Waals surface area (Å²) < 4.78 is 27.3. The molecule has 1 aromatic rings. The third-order valence-corrected chi connectivity index (χ3v) is 8.57. The van der Waals surface area contributed by atoms with Crippen LogP contribution in [0, 0.1) is 13.8 Å². The quantitative estimate of drug-likeness (QED) is 0.736. The van der Waals surface area contributed by atoms with Crippen LogP contribution < -0.4 is 0 Å². The Morgan fingerprint density at radius 2 is 1.71 bits per heavy atom. The van der Waals surface area contributed by atoms with Crippen molar-refractivity contribution in [3.8, 4) is 0 Å². The number of hydrogen-bond acceptors (Lipinski definition) is 5. The molecule has 0 bridgehead atoms. The van der Waals surface area contributed by atoms with Crippen molar-refractivity contribution in [2.24, 2.45) is 0 Å². The maximum absolute atomic E-state index is 12.9. The van der Waals surface area contributed by atoms with Gasteiger partial charge in [-0.15, -0.1) is 11.3 Å². The van der Waals surface area contributed by atoms with Gasteiger partial charge in [-0.05, 0) is 32.8 Å². The summed E-state index contributed by atoms with van der Waals surface area (Å²) in [4.78, 5) is 30.4. The van der Waals surface area contributed by atoms with E-state index in [1.807, 2.05) is 13.8 Å². The molecule has 2 aliphatic rings. The molecule has 0 aliphatic carbocycles. The minimum absolute atomic E-state index is 0.0533. The molecule has 0 atom stereocenters. The molecule has 3 heterocycles. The highest BCUT2D eigenvalue weighted by molar-refractivity contribution is 7.89. The van der Waals surface area contributed by atoms with Crippen molar-refractivity contribution in [1.82, 2.24) is 14.1 Å². The number of carbonyl (C=O) groups excluding carboxylic acids is 2. The van der Waals surface area contributed by atoms with Crippen LogP contribution in [0.1, 0.15) is 41.9 Å². The number of piperazine rings is 1. The fourth-order valence-electron chi connectivity index (χ4n) is 3.83. The fraction of sp³-hybridized carbons (Fsp3) is 0.684. The summed E-state index contributed by atoms with van der Waals surface area (Å²) in [5.41, 5.74) is 0. The zero-order valence-electron chi connectivity index (χ0n) is 16.6. The van der Waals surface area contributed by atoms with Crippen molar-refractivity contribution in [2.75, 3.05) is 39.3 Å². The first-order valence-corrected chi connectivity index (χ1v) is 12.2. The lowest BCUT2D eigenvalue weighted by molar-refractivity contribution is -0.141. The fourth-order valence-corrected chi connectivity index (χ4v) is 6.77. The van der Waals surface area contributed by atoms with Gasteiger partial charge in [-0.2, -0.15) is 4.31 Å². The maximum Gasteiger partial charge on any atom is 0.244 e. The number of hydrogen-bond donors (Lipinski definition) is 0. The number of thiophene rings is 1. The van der Waals surface area contributed by atoms with E-state index in [4.69, 9.17) is 0 Å². The van der Waals surface area contributed by atoms with Crippen molar-refractivity contribution in [2.45, 2.75) is 50.8 Å². The highest BCUT2D eigenvalue weighted by Crippen LogP contribution is 2.28. The summed E-state index contributed by atoms with van der Waals surface area (Å²) in [6.07, 6.45) is 4.51. The van der Waals surface area contributed by atoms with E-state index in [-0.39, 0.29) is 31.4 Å². The Bertz CT molecular complexity index is 826. The van der Waals surface area contributed by atoms with Gasteiger partial charge in [0, 0.05) is 48.9 Å². The lowest BCUT2D eigenvalue weighted by atomic mass is 10.1. The van der Waals surface area contributed by atoms with Gasteiger partial charge in [-0.3, -0.25) is 9.59 Å². The van der Waals surface area contributed by atoms with E-state index in [2.05, 4.69) is 0 Å². The summed E-state index contributed by atoms with van der Waals surface area (Å²) in [5, 5.41) is 0. The van der Waals surface area contributed by atoms with Gasteiger partial charge in [0.05, 0.1) is 11.4 Å². The first-order valence-electron chi connectivity index (χ1n) is 9.92. The highest BCUT2D eigenvalue weighted by Gasteiger charge is 2.32. The van der Waals surface area contributed by atoms with Crippen LogP contribution in [-0.2, 0) is 19.6 Å². The van der Waals surface area contributed by atoms with E-state index in [0.29, 0.717) is 31.0 Å². The van der Waals surface area contributed by atoms with E-state index < -0.39 is 10.0 Å². The van der Waals surface area contributed by atoms with E-state index >= 15 is 0 Å². The van der Waals surface area contributed by atoms with Crippen molar-refractivity contribution < 1.29 is 18.0 Å². The van der Waals surface area contributed by atoms with Gasteiger partial charge in [-0.1, -0.05) is 12.8 Å². The first kappa shape index (κ1) is 21.3.